The summed E-state index contributed by atoms with van der Waals surface area (Å²) in [5.41, 5.74) is 3.01. The molecule has 0 heterocycles. The number of azo groups is 1. The summed E-state index contributed by atoms with van der Waals surface area (Å²) in [5.74, 6) is 0. The highest BCUT2D eigenvalue weighted by Crippen LogP contribution is 2.24. The number of rotatable bonds is 2. The van der Waals surface area contributed by atoms with Gasteiger partial charge in [0.15, 0.2) is 0 Å². The number of benzene rings is 3. The fourth-order valence-corrected chi connectivity index (χ4v) is 2.02. The number of hydrogen-bond donors (Lipinski definition) is 0. The lowest BCUT2D eigenvalue weighted by molar-refractivity contribution is 1.23. The number of aryl methyl sites for hydroxylation is 1. The lowest BCUT2D eigenvalue weighted by Crippen LogP contribution is -1.74. The molecule has 0 aliphatic rings. The van der Waals surface area contributed by atoms with Crippen LogP contribution in [0, 0.1) is 6.92 Å². The maximum Gasteiger partial charge on any atom is 0.0863 e. The zero-order valence-electron chi connectivity index (χ0n) is 12.7. The Bertz CT molecular complexity index is 731. The summed E-state index contributed by atoms with van der Waals surface area (Å²) in [7, 11) is 0. The van der Waals surface area contributed by atoms with Gasteiger partial charge in [-0.05, 0) is 42.0 Å². The molecule has 0 amide bonds. The Balaban J connectivity index is 0.000000774. The van der Waals surface area contributed by atoms with Crippen LogP contribution in [-0.4, -0.2) is 0 Å². The van der Waals surface area contributed by atoms with E-state index in [-0.39, 0.29) is 0 Å². The number of fused-ring (bicyclic) bond motifs is 1. The Morgan fingerprint density at radius 3 is 2.00 bits per heavy atom. The van der Waals surface area contributed by atoms with Crippen LogP contribution in [0.1, 0.15) is 19.4 Å². The third-order valence-corrected chi connectivity index (χ3v) is 3.02. The van der Waals surface area contributed by atoms with Crippen LogP contribution in [0.4, 0.5) is 11.4 Å². The van der Waals surface area contributed by atoms with Crippen molar-refractivity contribution in [2.75, 3.05) is 0 Å². The Labute approximate surface area is 126 Å². The van der Waals surface area contributed by atoms with Crippen LogP contribution in [-0.2, 0) is 0 Å². The zero-order valence-corrected chi connectivity index (χ0v) is 12.7. The average Bonchev–Trinajstić information content (AvgIpc) is 2.56. The van der Waals surface area contributed by atoms with Gasteiger partial charge < -0.3 is 0 Å². The van der Waals surface area contributed by atoms with Crippen LogP contribution >= 0.6 is 0 Å². The number of hydrogen-bond acceptors (Lipinski definition) is 2. The van der Waals surface area contributed by atoms with E-state index in [1.54, 1.807) is 0 Å². The summed E-state index contributed by atoms with van der Waals surface area (Å²) in [5, 5.41) is 10.9. The molecule has 0 aliphatic heterocycles. The number of nitrogens with zero attached hydrogens (tertiary/aromatic N) is 2. The van der Waals surface area contributed by atoms with Crippen molar-refractivity contribution in [1.82, 2.24) is 0 Å². The zero-order chi connectivity index (χ0) is 15.1. The SMILES string of the molecule is CC.Cc1ccc2cc(N=Nc3ccccc3)ccc2c1. The predicted octanol–water partition coefficient (Wildman–Crippen LogP) is 6.59. The molecular weight excluding hydrogens is 256 g/mol. The van der Waals surface area contributed by atoms with E-state index in [0.29, 0.717) is 0 Å². The van der Waals surface area contributed by atoms with Crippen molar-refractivity contribution < 1.29 is 0 Å². The lowest BCUT2D eigenvalue weighted by Gasteiger charge is -2.00. The van der Waals surface area contributed by atoms with Gasteiger partial charge in [0.2, 0.25) is 0 Å². The second-order valence-electron chi connectivity index (χ2n) is 4.57. The molecule has 0 saturated carbocycles. The largest absolute Gasteiger partial charge is 0.151 e. The molecule has 0 spiro atoms. The molecule has 3 rings (SSSR count). The summed E-state index contributed by atoms with van der Waals surface area (Å²) in [4.78, 5) is 0. The monoisotopic (exact) mass is 276 g/mol. The Morgan fingerprint density at radius 2 is 1.24 bits per heavy atom. The average molecular weight is 276 g/mol. The van der Waals surface area contributed by atoms with Crippen LogP contribution < -0.4 is 0 Å². The molecule has 0 atom stereocenters. The highest BCUT2D eigenvalue weighted by molar-refractivity contribution is 5.85. The molecule has 3 aromatic carbocycles. The van der Waals surface area contributed by atoms with Gasteiger partial charge >= 0.3 is 0 Å². The van der Waals surface area contributed by atoms with E-state index in [1.807, 2.05) is 50.2 Å². The molecule has 0 fully saturated rings. The molecule has 3 aromatic rings. The fourth-order valence-electron chi connectivity index (χ4n) is 2.02. The van der Waals surface area contributed by atoms with Crippen LogP contribution in [0.15, 0.2) is 77.0 Å². The topological polar surface area (TPSA) is 24.7 Å². The molecule has 2 heteroatoms. The Kier molecular flexibility index (Phi) is 5.22. The van der Waals surface area contributed by atoms with Gasteiger partial charge in [0.05, 0.1) is 11.4 Å². The van der Waals surface area contributed by atoms with Crippen molar-refractivity contribution in [1.29, 1.82) is 0 Å². The fraction of sp³-hybridized carbons (Fsp3) is 0.158. The minimum absolute atomic E-state index is 0.867. The van der Waals surface area contributed by atoms with E-state index < -0.39 is 0 Å². The maximum absolute atomic E-state index is 4.27. The highest BCUT2D eigenvalue weighted by atomic mass is 15.1. The molecule has 0 bridgehead atoms. The van der Waals surface area contributed by atoms with E-state index >= 15 is 0 Å². The van der Waals surface area contributed by atoms with Gasteiger partial charge in [-0.3, -0.25) is 0 Å². The molecule has 21 heavy (non-hydrogen) atoms. The third-order valence-electron chi connectivity index (χ3n) is 3.02. The van der Waals surface area contributed by atoms with Gasteiger partial charge in [-0.2, -0.15) is 10.2 Å². The van der Waals surface area contributed by atoms with E-state index in [0.717, 1.165) is 11.4 Å². The Morgan fingerprint density at radius 1 is 0.619 bits per heavy atom. The van der Waals surface area contributed by atoms with Crippen molar-refractivity contribution in [3.8, 4) is 0 Å². The van der Waals surface area contributed by atoms with Gasteiger partial charge in [0.25, 0.3) is 0 Å². The summed E-state index contributed by atoms with van der Waals surface area (Å²) in [6, 6.07) is 22.3. The van der Waals surface area contributed by atoms with E-state index in [1.165, 1.54) is 16.3 Å². The minimum atomic E-state index is 0.867. The summed E-state index contributed by atoms with van der Waals surface area (Å²) in [6.07, 6.45) is 0. The highest BCUT2D eigenvalue weighted by Gasteiger charge is 1.96. The summed E-state index contributed by atoms with van der Waals surface area (Å²) in [6.45, 7) is 6.10. The van der Waals surface area contributed by atoms with Crippen LogP contribution in [0.5, 0.6) is 0 Å². The smallest absolute Gasteiger partial charge is 0.0863 e. The van der Waals surface area contributed by atoms with Gasteiger partial charge in [-0.15, -0.1) is 0 Å². The standard InChI is InChI=1S/C17H14N2.C2H6/c1-13-7-8-15-12-17(10-9-14(15)11-13)19-18-16-5-3-2-4-6-16;1-2/h2-12H,1H3;1-2H3. The Hall–Kier alpha value is -2.48. The minimum Gasteiger partial charge on any atom is -0.151 e. The van der Waals surface area contributed by atoms with Crippen molar-refractivity contribution in [3.63, 3.8) is 0 Å². The molecule has 2 nitrogen and oxygen atoms in total. The first-order valence-corrected chi connectivity index (χ1v) is 7.28. The van der Waals surface area contributed by atoms with Crippen LogP contribution in [0.2, 0.25) is 0 Å². The maximum atomic E-state index is 4.27. The first-order valence-electron chi connectivity index (χ1n) is 7.28. The molecule has 0 aliphatic carbocycles. The first kappa shape index (κ1) is 14.9. The van der Waals surface area contributed by atoms with Crippen molar-refractivity contribution in [3.05, 3.63) is 72.3 Å². The predicted molar refractivity (Wildman–Crippen MR) is 90.7 cm³/mol. The lowest BCUT2D eigenvalue weighted by atomic mass is 10.1. The molecule has 0 saturated heterocycles. The first-order chi connectivity index (χ1) is 10.3. The molecule has 0 unspecified atom stereocenters. The summed E-state index contributed by atoms with van der Waals surface area (Å²) >= 11 is 0. The molecule has 106 valence electrons. The normalized spacial score (nSPS) is 10.4. The molecular formula is C19H20N2. The van der Waals surface area contributed by atoms with Crippen molar-refractivity contribution in [2.24, 2.45) is 10.2 Å². The second kappa shape index (κ2) is 7.34. The second-order valence-corrected chi connectivity index (χ2v) is 4.57. The van der Waals surface area contributed by atoms with Crippen LogP contribution in [0.3, 0.4) is 0 Å². The van der Waals surface area contributed by atoms with Crippen molar-refractivity contribution in [2.45, 2.75) is 20.8 Å². The third kappa shape index (κ3) is 3.99. The van der Waals surface area contributed by atoms with Gasteiger partial charge in [0, 0.05) is 0 Å². The van der Waals surface area contributed by atoms with E-state index in [9.17, 15) is 0 Å². The molecule has 0 aromatic heterocycles. The van der Waals surface area contributed by atoms with Gasteiger partial charge in [-0.1, -0.05) is 61.9 Å². The quantitative estimate of drug-likeness (QED) is 0.472. The van der Waals surface area contributed by atoms with Gasteiger partial charge in [0.1, 0.15) is 0 Å². The van der Waals surface area contributed by atoms with Gasteiger partial charge in [-0.25, -0.2) is 0 Å². The summed E-state index contributed by atoms with van der Waals surface area (Å²) < 4.78 is 0. The van der Waals surface area contributed by atoms with E-state index in [4.69, 9.17) is 0 Å². The van der Waals surface area contributed by atoms with Crippen LogP contribution in [0.25, 0.3) is 10.8 Å². The van der Waals surface area contributed by atoms with Crippen molar-refractivity contribution >= 4 is 22.1 Å². The molecule has 0 N–H and O–H groups in total. The van der Waals surface area contributed by atoms with E-state index in [2.05, 4.69) is 47.5 Å². The molecule has 0 radical (unpaired) electrons.